The number of aliphatic hydroxyl groups excluding tert-OH is 4. The van der Waals surface area contributed by atoms with Crippen molar-refractivity contribution in [2.45, 2.75) is 74.6 Å². The largest absolute Gasteiger partial charge is 0.496 e. The lowest BCUT2D eigenvalue weighted by atomic mass is 9.57. The zero-order valence-corrected chi connectivity index (χ0v) is 21.5. The molecule has 0 radical (unpaired) electrons. The molecule has 10 atom stereocenters. The number of aliphatic hydroxyl groups is 5. The Balaban J connectivity index is 1.58. The van der Waals surface area contributed by atoms with E-state index in [9.17, 15) is 39.9 Å². The van der Waals surface area contributed by atoms with Gasteiger partial charge in [0.2, 0.25) is 0 Å². The highest BCUT2D eigenvalue weighted by molar-refractivity contribution is 6.28. The molecule has 8 unspecified atom stereocenters. The van der Waals surface area contributed by atoms with Crippen molar-refractivity contribution in [3.8, 4) is 5.75 Å². The van der Waals surface area contributed by atoms with Crippen LogP contribution in [0.2, 0.25) is 0 Å². The molecule has 12 heteroatoms. The van der Waals surface area contributed by atoms with Gasteiger partial charge in [0.15, 0.2) is 23.6 Å². The first-order valence-corrected chi connectivity index (χ1v) is 12.9. The van der Waals surface area contributed by atoms with Gasteiger partial charge in [-0.25, -0.2) is 0 Å². The van der Waals surface area contributed by atoms with Crippen LogP contribution in [0.5, 0.6) is 5.75 Å². The lowest BCUT2D eigenvalue weighted by molar-refractivity contribution is -0.268. The molecule has 2 fully saturated rings. The number of hydrogen-bond acceptors (Lipinski definition) is 12. The van der Waals surface area contributed by atoms with E-state index in [1.54, 1.807) is 6.92 Å². The smallest absolute Gasteiger partial charge is 0.196 e. The Hall–Kier alpha value is -2.55. The van der Waals surface area contributed by atoms with Crippen molar-refractivity contribution in [3.63, 3.8) is 0 Å². The third-order valence-corrected chi connectivity index (χ3v) is 8.63. The van der Waals surface area contributed by atoms with E-state index < -0.39 is 90.7 Å². The fourth-order valence-corrected chi connectivity index (χ4v) is 6.64. The first-order chi connectivity index (χ1) is 18.4. The van der Waals surface area contributed by atoms with Crippen molar-refractivity contribution < 1.29 is 54.1 Å². The monoisotopic (exact) mass is 547 g/mol. The molecule has 5 rings (SSSR count). The second-order valence-corrected chi connectivity index (χ2v) is 10.9. The Kier molecular flexibility index (Phi) is 7.27. The van der Waals surface area contributed by atoms with Gasteiger partial charge in [-0.1, -0.05) is 12.1 Å². The molecule has 1 aromatic carbocycles. The molecule has 0 spiro atoms. The molecule has 3 aliphatic carbocycles. The van der Waals surface area contributed by atoms with E-state index in [1.165, 1.54) is 25.3 Å². The summed E-state index contributed by atoms with van der Waals surface area (Å²) in [5.74, 6) is -4.27. The van der Waals surface area contributed by atoms with Gasteiger partial charge in [-0.15, -0.1) is 0 Å². The molecule has 4 aliphatic rings. The highest BCUT2D eigenvalue weighted by Crippen LogP contribution is 2.51. The Bertz CT molecular complexity index is 1220. The van der Waals surface area contributed by atoms with Crippen LogP contribution in [0.15, 0.2) is 29.3 Å². The fraction of sp³-hybridized carbons (Fsp3) is 0.593. The normalized spacial score (nSPS) is 40.1. The van der Waals surface area contributed by atoms with Gasteiger partial charge in [0.05, 0.1) is 43.2 Å². The van der Waals surface area contributed by atoms with Gasteiger partial charge < -0.3 is 45.5 Å². The van der Waals surface area contributed by atoms with E-state index in [0.29, 0.717) is 0 Å². The summed E-state index contributed by atoms with van der Waals surface area (Å²) in [5, 5.41) is 54.1. The van der Waals surface area contributed by atoms with Gasteiger partial charge in [0.25, 0.3) is 0 Å². The number of nitrogens with two attached hydrogens (primary N) is 1. The highest BCUT2D eigenvalue weighted by Gasteiger charge is 2.60. The van der Waals surface area contributed by atoms with Gasteiger partial charge in [-0.2, -0.15) is 0 Å². The molecule has 7 N–H and O–H groups in total. The number of Topliss-reactive ketones (excluding diaryl/α,β-unsaturated/α-hetero) is 3. The predicted molar refractivity (Wildman–Crippen MR) is 132 cm³/mol. The van der Waals surface area contributed by atoms with Crippen LogP contribution in [0.25, 0.3) is 0 Å². The molecule has 1 saturated carbocycles. The fourth-order valence-electron chi connectivity index (χ4n) is 6.64. The quantitative estimate of drug-likeness (QED) is 0.253. The van der Waals surface area contributed by atoms with E-state index in [2.05, 4.69) is 0 Å². The van der Waals surface area contributed by atoms with Crippen molar-refractivity contribution in [1.29, 1.82) is 0 Å². The van der Waals surface area contributed by atoms with Gasteiger partial charge in [-0.3, -0.25) is 14.4 Å². The molecule has 212 valence electrons. The molecule has 1 saturated heterocycles. The molecule has 1 aromatic rings. The van der Waals surface area contributed by atoms with E-state index in [1.807, 2.05) is 0 Å². The summed E-state index contributed by atoms with van der Waals surface area (Å²) < 4.78 is 17.2. The van der Waals surface area contributed by atoms with Crippen LogP contribution in [-0.4, -0.2) is 105 Å². The maximum Gasteiger partial charge on any atom is 0.196 e. The number of carbonyl (C=O) groups is 3. The van der Waals surface area contributed by atoms with E-state index in [4.69, 9.17) is 19.9 Å². The number of ketones is 3. The van der Waals surface area contributed by atoms with E-state index in [-0.39, 0.29) is 40.9 Å². The van der Waals surface area contributed by atoms with Crippen molar-refractivity contribution >= 4 is 17.3 Å². The number of fused-ring (bicyclic) bond motifs is 2. The second kappa shape index (κ2) is 10.1. The van der Waals surface area contributed by atoms with Crippen LogP contribution in [0, 0.1) is 11.8 Å². The van der Waals surface area contributed by atoms with Crippen LogP contribution < -0.4 is 10.5 Å². The lowest BCUT2D eigenvalue weighted by Gasteiger charge is -2.52. The molecule has 39 heavy (non-hydrogen) atoms. The van der Waals surface area contributed by atoms with Gasteiger partial charge >= 0.3 is 0 Å². The average Bonchev–Trinajstić information content (AvgIpc) is 2.90. The summed E-state index contributed by atoms with van der Waals surface area (Å²) in [6, 6.07) is 3.76. The first kappa shape index (κ1) is 28.0. The number of ether oxygens (including phenoxy) is 3. The standard InChI is InChI=1S/C27H33NO11/c1-10-22(31)13(28)6-17(38-10)39-15-8-27(36,16(30)9-29)7-12-19(15)26(35)21-20(24(12)33)23(32)11-4-3-5-14(37-2)18(11)25(21)34/h3-5,10,12-13,15,17,19,22,24,26,29,31,33,35-36H,6-9,28H2,1-2H3/t10?,12?,13?,15-,17?,19?,22?,24?,26?,27-/m0/s1. The van der Waals surface area contributed by atoms with E-state index in [0.717, 1.165) is 0 Å². The van der Waals surface area contributed by atoms with Gasteiger partial charge in [-0.05, 0) is 19.4 Å². The van der Waals surface area contributed by atoms with Gasteiger partial charge in [0.1, 0.15) is 18.0 Å². The van der Waals surface area contributed by atoms with Crippen LogP contribution in [0.3, 0.4) is 0 Å². The summed E-state index contributed by atoms with van der Waals surface area (Å²) in [5.41, 5.74) is 3.26. The molecule has 0 bridgehead atoms. The number of benzene rings is 1. The Morgan fingerprint density at radius 1 is 1.13 bits per heavy atom. The maximum atomic E-state index is 13.7. The van der Waals surface area contributed by atoms with Crippen LogP contribution in [0.1, 0.15) is 46.9 Å². The van der Waals surface area contributed by atoms with Gasteiger partial charge in [0, 0.05) is 47.4 Å². The summed E-state index contributed by atoms with van der Waals surface area (Å²) in [7, 11) is 1.34. The second-order valence-electron chi connectivity index (χ2n) is 10.9. The summed E-state index contributed by atoms with van der Waals surface area (Å²) in [4.78, 5) is 39.9. The Morgan fingerprint density at radius 3 is 2.46 bits per heavy atom. The Labute approximate surface area is 224 Å². The number of carbonyl (C=O) groups excluding carboxylic acids is 3. The Morgan fingerprint density at radius 2 is 1.82 bits per heavy atom. The minimum Gasteiger partial charge on any atom is -0.496 e. The third kappa shape index (κ3) is 4.35. The van der Waals surface area contributed by atoms with Crippen molar-refractivity contribution in [3.05, 3.63) is 40.5 Å². The molecular weight excluding hydrogens is 514 g/mol. The minimum atomic E-state index is -2.15. The molecule has 12 nitrogen and oxygen atoms in total. The number of hydrogen-bond donors (Lipinski definition) is 6. The van der Waals surface area contributed by atoms with Crippen LogP contribution >= 0.6 is 0 Å². The summed E-state index contributed by atoms with van der Waals surface area (Å²) in [6.07, 6.45) is -7.77. The number of methoxy groups -OCH3 is 1. The SMILES string of the molecule is COc1cccc2c1C(=O)C1=C(C2=O)C(O)C2C[C@@](O)(C(=O)CO)C[C@H](OC3CC(N)C(O)C(C)O3)C2C1O. The topological polar surface area (TPSA) is 206 Å². The highest BCUT2D eigenvalue weighted by atomic mass is 16.7. The number of rotatable bonds is 5. The van der Waals surface area contributed by atoms with Crippen LogP contribution in [-0.2, 0) is 14.3 Å². The summed E-state index contributed by atoms with van der Waals surface area (Å²) in [6.45, 7) is 0.620. The third-order valence-electron chi connectivity index (χ3n) is 8.63. The van der Waals surface area contributed by atoms with Crippen molar-refractivity contribution in [2.24, 2.45) is 17.6 Å². The minimum absolute atomic E-state index is 0.00486. The maximum absolute atomic E-state index is 13.7. The molecule has 1 aliphatic heterocycles. The van der Waals surface area contributed by atoms with Crippen molar-refractivity contribution in [1.82, 2.24) is 0 Å². The zero-order valence-electron chi connectivity index (χ0n) is 21.5. The van der Waals surface area contributed by atoms with E-state index >= 15 is 0 Å². The molecule has 1 heterocycles. The molecule has 0 amide bonds. The molecular formula is C27H33NO11. The van der Waals surface area contributed by atoms with Crippen LogP contribution in [0.4, 0.5) is 0 Å². The first-order valence-electron chi connectivity index (χ1n) is 12.9. The zero-order chi connectivity index (χ0) is 28.4. The predicted octanol–water partition coefficient (Wildman–Crippen LogP) is -1.37. The lowest BCUT2D eigenvalue weighted by Crippen LogP contribution is -2.62. The summed E-state index contributed by atoms with van der Waals surface area (Å²) >= 11 is 0. The average molecular weight is 548 g/mol. The van der Waals surface area contributed by atoms with Crippen molar-refractivity contribution in [2.75, 3.05) is 13.7 Å². The molecule has 0 aromatic heterocycles.